The molecule has 3 rings (SSSR count). The maximum atomic E-state index is 12.2. The molecule has 1 amide bonds. The van der Waals surface area contributed by atoms with Crippen LogP contribution in [0, 0.1) is 5.92 Å². The van der Waals surface area contributed by atoms with Crippen LogP contribution < -0.4 is 5.43 Å². The van der Waals surface area contributed by atoms with Crippen LogP contribution in [0.5, 0.6) is 0 Å². The van der Waals surface area contributed by atoms with Crippen molar-refractivity contribution in [2.24, 2.45) is 11.0 Å². The van der Waals surface area contributed by atoms with Crippen LogP contribution in [-0.2, 0) is 9.53 Å². The van der Waals surface area contributed by atoms with E-state index in [1.165, 1.54) is 0 Å². The molecule has 1 N–H and O–H groups in total. The molecule has 0 aromatic rings. The molecule has 0 saturated carbocycles. The number of hydrazone groups is 1. The van der Waals surface area contributed by atoms with Crippen LogP contribution in [0.4, 0.5) is 0 Å². The number of nitrogens with one attached hydrogen (secondary N) is 1. The molecule has 0 aromatic heterocycles. The predicted molar refractivity (Wildman–Crippen MR) is 62.0 cm³/mol. The van der Waals surface area contributed by atoms with E-state index >= 15 is 0 Å². The van der Waals surface area contributed by atoms with E-state index in [-0.39, 0.29) is 11.9 Å². The summed E-state index contributed by atoms with van der Waals surface area (Å²) in [5.41, 5.74) is 3.13. The van der Waals surface area contributed by atoms with E-state index in [0.29, 0.717) is 5.92 Å². The van der Waals surface area contributed by atoms with Crippen molar-refractivity contribution in [3.63, 3.8) is 0 Å². The van der Waals surface area contributed by atoms with Gasteiger partial charge in [0.2, 0.25) is 0 Å². The Morgan fingerprint density at radius 1 is 1.41 bits per heavy atom. The summed E-state index contributed by atoms with van der Waals surface area (Å²) in [6, 6.07) is -0.0488. The lowest BCUT2D eigenvalue weighted by Crippen LogP contribution is -2.51. The first-order chi connectivity index (χ1) is 8.34. The van der Waals surface area contributed by atoms with E-state index in [1.807, 2.05) is 5.01 Å². The van der Waals surface area contributed by atoms with Crippen molar-refractivity contribution in [3.8, 4) is 0 Å². The third kappa shape index (κ3) is 2.14. The monoisotopic (exact) mass is 238 g/mol. The van der Waals surface area contributed by atoms with Gasteiger partial charge in [0.15, 0.2) is 0 Å². The minimum Gasteiger partial charge on any atom is -0.381 e. The third-order valence-corrected chi connectivity index (χ3v) is 3.67. The zero-order valence-electron chi connectivity index (χ0n) is 9.84. The highest BCUT2D eigenvalue weighted by Crippen LogP contribution is 2.20. The van der Waals surface area contributed by atoms with Gasteiger partial charge in [0.1, 0.15) is 12.4 Å². The highest BCUT2D eigenvalue weighted by molar-refractivity contribution is 5.87. The summed E-state index contributed by atoms with van der Waals surface area (Å²) in [7, 11) is 0. The molecule has 94 valence electrons. The first-order valence-corrected chi connectivity index (χ1v) is 6.29. The van der Waals surface area contributed by atoms with Crippen molar-refractivity contribution >= 4 is 12.2 Å². The maximum Gasteiger partial charge on any atom is 0.267 e. The summed E-state index contributed by atoms with van der Waals surface area (Å²) in [6.45, 7) is 3.22. The van der Waals surface area contributed by atoms with Crippen LogP contribution >= 0.6 is 0 Å². The van der Waals surface area contributed by atoms with Gasteiger partial charge in [-0.1, -0.05) is 0 Å². The molecule has 0 spiro atoms. The number of ether oxygens (including phenoxy) is 1. The number of rotatable bonds is 2. The molecule has 3 aliphatic heterocycles. The lowest BCUT2D eigenvalue weighted by Gasteiger charge is -2.33. The van der Waals surface area contributed by atoms with Crippen molar-refractivity contribution < 1.29 is 9.53 Å². The molecule has 1 atom stereocenters. The highest BCUT2D eigenvalue weighted by Gasteiger charge is 2.36. The van der Waals surface area contributed by atoms with Gasteiger partial charge in [-0.15, -0.1) is 0 Å². The SMILES string of the molecule is O=C1C2CCNN2C=NN1CC1CCOCC1. The molecule has 0 bridgehead atoms. The Labute approximate surface area is 101 Å². The third-order valence-electron chi connectivity index (χ3n) is 3.67. The average Bonchev–Trinajstić information content (AvgIpc) is 2.83. The maximum absolute atomic E-state index is 12.2. The second-order valence-corrected chi connectivity index (χ2v) is 4.83. The Bertz CT molecular complexity index is 327. The molecule has 6 heteroatoms. The van der Waals surface area contributed by atoms with Crippen LogP contribution in [0.3, 0.4) is 0 Å². The molecule has 1 unspecified atom stereocenters. The molecule has 3 aliphatic rings. The van der Waals surface area contributed by atoms with Crippen molar-refractivity contribution in [3.05, 3.63) is 0 Å². The fraction of sp³-hybridized carbons (Fsp3) is 0.818. The molecular weight excluding hydrogens is 220 g/mol. The fourth-order valence-electron chi connectivity index (χ4n) is 2.60. The van der Waals surface area contributed by atoms with Crippen LogP contribution in [0.15, 0.2) is 5.10 Å². The Kier molecular flexibility index (Phi) is 2.98. The fourth-order valence-corrected chi connectivity index (χ4v) is 2.60. The van der Waals surface area contributed by atoms with E-state index in [2.05, 4.69) is 10.5 Å². The van der Waals surface area contributed by atoms with Gasteiger partial charge < -0.3 is 4.74 Å². The zero-order chi connectivity index (χ0) is 11.7. The summed E-state index contributed by atoms with van der Waals surface area (Å²) in [5, 5.41) is 7.69. The second kappa shape index (κ2) is 4.62. The summed E-state index contributed by atoms with van der Waals surface area (Å²) < 4.78 is 5.32. The van der Waals surface area contributed by atoms with Gasteiger partial charge in [-0.05, 0) is 25.2 Å². The Morgan fingerprint density at radius 2 is 2.24 bits per heavy atom. The number of carbonyl (C=O) groups is 1. The topological polar surface area (TPSA) is 57.2 Å². The van der Waals surface area contributed by atoms with Gasteiger partial charge in [0, 0.05) is 26.3 Å². The van der Waals surface area contributed by atoms with E-state index in [9.17, 15) is 4.79 Å². The van der Waals surface area contributed by atoms with Crippen molar-refractivity contribution in [1.82, 2.24) is 15.4 Å². The van der Waals surface area contributed by atoms with Gasteiger partial charge in [-0.3, -0.25) is 9.80 Å². The summed E-state index contributed by atoms with van der Waals surface area (Å²) >= 11 is 0. The molecule has 0 radical (unpaired) electrons. The first-order valence-electron chi connectivity index (χ1n) is 6.29. The average molecular weight is 238 g/mol. The highest BCUT2D eigenvalue weighted by atomic mass is 16.5. The normalized spacial score (nSPS) is 29.9. The minimum atomic E-state index is -0.0488. The number of hydrazine groups is 1. The zero-order valence-corrected chi connectivity index (χ0v) is 9.84. The van der Waals surface area contributed by atoms with Gasteiger partial charge in [-0.2, -0.15) is 5.10 Å². The Morgan fingerprint density at radius 3 is 3.06 bits per heavy atom. The van der Waals surface area contributed by atoms with Crippen molar-refractivity contribution in [2.75, 3.05) is 26.3 Å². The first kappa shape index (κ1) is 11.0. The van der Waals surface area contributed by atoms with E-state index in [0.717, 1.165) is 45.6 Å². The Hall–Kier alpha value is -1.14. The Balaban J connectivity index is 1.63. The number of amides is 1. The minimum absolute atomic E-state index is 0.0488. The molecule has 0 aromatic carbocycles. The number of hydrogen-bond acceptors (Lipinski definition) is 5. The van der Waals surface area contributed by atoms with Crippen molar-refractivity contribution in [2.45, 2.75) is 25.3 Å². The molecule has 2 saturated heterocycles. The lowest BCUT2D eigenvalue weighted by molar-refractivity contribution is -0.137. The van der Waals surface area contributed by atoms with E-state index in [4.69, 9.17) is 4.74 Å². The van der Waals surface area contributed by atoms with Crippen LogP contribution in [0.1, 0.15) is 19.3 Å². The van der Waals surface area contributed by atoms with Crippen LogP contribution in [0.2, 0.25) is 0 Å². The molecule has 2 fully saturated rings. The van der Waals surface area contributed by atoms with E-state index < -0.39 is 0 Å². The molecule has 17 heavy (non-hydrogen) atoms. The largest absolute Gasteiger partial charge is 0.381 e. The molecular formula is C11H18N4O2. The molecule has 0 aliphatic carbocycles. The number of fused-ring (bicyclic) bond motifs is 1. The van der Waals surface area contributed by atoms with Crippen molar-refractivity contribution in [1.29, 1.82) is 0 Å². The standard InChI is InChI=1S/C11H18N4O2/c16-11-10-1-4-12-15(10)8-13-14(11)7-9-2-5-17-6-3-9/h8-10,12H,1-7H2. The lowest BCUT2D eigenvalue weighted by atomic mass is 10.00. The van der Waals surface area contributed by atoms with Gasteiger partial charge in [0.05, 0.1) is 0 Å². The van der Waals surface area contributed by atoms with Crippen LogP contribution in [0.25, 0.3) is 0 Å². The van der Waals surface area contributed by atoms with E-state index in [1.54, 1.807) is 11.3 Å². The van der Waals surface area contributed by atoms with Gasteiger partial charge in [-0.25, -0.2) is 10.4 Å². The number of nitrogens with zero attached hydrogens (tertiary/aromatic N) is 3. The predicted octanol–water partition coefficient (Wildman–Crippen LogP) is -0.223. The quantitative estimate of drug-likeness (QED) is 0.722. The second-order valence-electron chi connectivity index (χ2n) is 4.83. The molecule has 3 heterocycles. The number of hydrogen-bond donors (Lipinski definition) is 1. The number of carbonyl (C=O) groups excluding carboxylic acids is 1. The molecule has 6 nitrogen and oxygen atoms in total. The summed E-state index contributed by atoms with van der Waals surface area (Å²) in [5.74, 6) is 0.662. The van der Waals surface area contributed by atoms with Gasteiger partial charge >= 0.3 is 0 Å². The van der Waals surface area contributed by atoms with Crippen LogP contribution in [-0.4, -0.2) is 54.6 Å². The summed E-state index contributed by atoms with van der Waals surface area (Å²) in [4.78, 5) is 12.2. The smallest absolute Gasteiger partial charge is 0.267 e. The van der Waals surface area contributed by atoms with Gasteiger partial charge in [0.25, 0.3) is 5.91 Å². The summed E-state index contributed by atoms with van der Waals surface area (Å²) in [6.07, 6.45) is 4.67.